The largest absolute Gasteiger partial charge is 0.461 e. The summed E-state index contributed by atoms with van der Waals surface area (Å²) in [5.74, 6) is 0.258. The van der Waals surface area contributed by atoms with Crippen molar-refractivity contribution in [3.05, 3.63) is 47.7 Å². The summed E-state index contributed by atoms with van der Waals surface area (Å²) in [4.78, 5) is 27.7. The van der Waals surface area contributed by atoms with Crippen LogP contribution in [-0.4, -0.2) is 59.9 Å². The minimum Gasteiger partial charge on any atom is -0.461 e. The van der Waals surface area contributed by atoms with E-state index in [1.165, 1.54) is 0 Å². The molecule has 0 unspecified atom stereocenters. The van der Waals surface area contributed by atoms with E-state index < -0.39 is 5.97 Å². The number of hydrogen-bond donors (Lipinski definition) is 1. The normalized spacial score (nSPS) is 16.2. The van der Waals surface area contributed by atoms with Crippen molar-refractivity contribution in [3.63, 3.8) is 0 Å². The predicted molar refractivity (Wildman–Crippen MR) is 99.6 cm³/mol. The van der Waals surface area contributed by atoms with Crippen LogP contribution in [0.3, 0.4) is 0 Å². The first-order valence-corrected chi connectivity index (χ1v) is 8.99. The Morgan fingerprint density at radius 2 is 2.07 bits per heavy atom. The van der Waals surface area contributed by atoms with Gasteiger partial charge in [0.1, 0.15) is 12.4 Å². The molecule has 0 radical (unpaired) electrons. The van der Waals surface area contributed by atoms with Gasteiger partial charge in [0.05, 0.1) is 6.61 Å². The first-order valence-electron chi connectivity index (χ1n) is 8.99. The number of likely N-dealkylation sites (N-methyl/N-ethyl adjacent to an activating group) is 1. The second-order valence-electron chi connectivity index (χ2n) is 6.40. The van der Waals surface area contributed by atoms with Crippen LogP contribution in [-0.2, 0) is 16.1 Å². The van der Waals surface area contributed by atoms with Gasteiger partial charge in [-0.1, -0.05) is 30.3 Å². The van der Waals surface area contributed by atoms with Crippen molar-refractivity contribution in [2.24, 2.45) is 0 Å². The maximum absolute atomic E-state index is 12.3. The topological polar surface area (TPSA) is 87.8 Å². The van der Waals surface area contributed by atoms with Gasteiger partial charge in [0.15, 0.2) is 5.69 Å². The fraction of sp³-hybridized carbons (Fsp3) is 0.421. The molecule has 8 heteroatoms. The van der Waals surface area contributed by atoms with Crippen LogP contribution in [0.4, 0.5) is 10.6 Å². The van der Waals surface area contributed by atoms with Crippen LogP contribution in [0.2, 0.25) is 0 Å². The van der Waals surface area contributed by atoms with Crippen molar-refractivity contribution < 1.29 is 19.1 Å². The standard InChI is InChI=1S/C19H24N4O4/c1-3-26-18(24)16-11-17(21-20-16)22(2)15-9-10-23(12-15)19(25)27-13-14-7-5-4-6-8-14/h4-8,11,15H,3,9-10,12-13H2,1-2H3,(H,20,21)/t15-/m1/s1. The van der Waals surface area contributed by atoms with Crippen molar-refractivity contribution in [2.75, 3.05) is 31.6 Å². The monoisotopic (exact) mass is 372 g/mol. The number of aromatic amines is 1. The lowest BCUT2D eigenvalue weighted by atomic mass is 10.2. The number of benzene rings is 1. The Labute approximate surface area is 158 Å². The molecule has 1 fully saturated rings. The average molecular weight is 372 g/mol. The van der Waals surface area contributed by atoms with Gasteiger partial charge in [-0.3, -0.25) is 5.10 Å². The SMILES string of the molecule is CCOC(=O)c1cc(N(C)[C@@H]2CCN(C(=O)OCc3ccccc3)C2)[nH]n1. The molecule has 1 atom stereocenters. The number of hydrogen-bond acceptors (Lipinski definition) is 6. The molecule has 144 valence electrons. The molecule has 2 heterocycles. The van der Waals surface area contributed by atoms with E-state index in [9.17, 15) is 9.59 Å². The quantitative estimate of drug-likeness (QED) is 0.784. The van der Waals surface area contributed by atoms with Crippen LogP contribution >= 0.6 is 0 Å². The van der Waals surface area contributed by atoms with E-state index in [-0.39, 0.29) is 24.4 Å². The van der Waals surface area contributed by atoms with Gasteiger partial charge in [-0.2, -0.15) is 5.10 Å². The minimum absolute atomic E-state index is 0.116. The zero-order chi connectivity index (χ0) is 19.2. The lowest BCUT2D eigenvalue weighted by molar-refractivity contribution is 0.0519. The number of rotatable bonds is 6. The maximum atomic E-state index is 12.3. The molecular formula is C19H24N4O4. The fourth-order valence-corrected chi connectivity index (χ4v) is 3.03. The summed E-state index contributed by atoms with van der Waals surface area (Å²) in [6, 6.07) is 11.4. The van der Waals surface area contributed by atoms with Crippen molar-refractivity contribution in [2.45, 2.75) is 26.0 Å². The molecule has 27 heavy (non-hydrogen) atoms. The van der Waals surface area contributed by atoms with E-state index in [0.29, 0.717) is 25.5 Å². The minimum atomic E-state index is -0.453. The summed E-state index contributed by atoms with van der Waals surface area (Å²) in [5, 5.41) is 6.85. The molecule has 2 aromatic rings. The van der Waals surface area contributed by atoms with Crippen LogP contribution in [0, 0.1) is 0 Å². The average Bonchev–Trinajstić information content (AvgIpc) is 3.36. The summed E-state index contributed by atoms with van der Waals surface area (Å²) in [6.07, 6.45) is 0.497. The second-order valence-corrected chi connectivity index (χ2v) is 6.40. The van der Waals surface area contributed by atoms with Gasteiger partial charge >= 0.3 is 12.1 Å². The number of nitrogens with zero attached hydrogens (tertiary/aromatic N) is 3. The number of amides is 1. The third-order valence-corrected chi connectivity index (χ3v) is 4.60. The summed E-state index contributed by atoms with van der Waals surface area (Å²) < 4.78 is 10.3. The number of esters is 1. The Hall–Kier alpha value is -3.03. The second kappa shape index (κ2) is 8.57. The van der Waals surface area contributed by atoms with Gasteiger partial charge in [0, 0.05) is 32.2 Å². The molecule has 0 saturated carbocycles. The Morgan fingerprint density at radius 1 is 1.30 bits per heavy atom. The molecule has 1 aromatic heterocycles. The summed E-state index contributed by atoms with van der Waals surface area (Å²) in [7, 11) is 1.91. The number of H-pyrrole nitrogens is 1. The van der Waals surface area contributed by atoms with Crippen LogP contribution in [0.5, 0.6) is 0 Å². The van der Waals surface area contributed by atoms with Gasteiger partial charge in [0.25, 0.3) is 0 Å². The summed E-state index contributed by atoms with van der Waals surface area (Å²) in [5.41, 5.74) is 1.21. The van der Waals surface area contributed by atoms with Gasteiger partial charge in [-0.15, -0.1) is 0 Å². The van der Waals surface area contributed by atoms with Crippen LogP contribution in [0.1, 0.15) is 29.4 Å². The van der Waals surface area contributed by atoms with Gasteiger partial charge in [-0.05, 0) is 18.9 Å². The highest BCUT2D eigenvalue weighted by molar-refractivity contribution is 5.88. The Balaban J connectivity index is 1.52. The number of likely N-dealkylation sites (tertiary alicyclic amines) is 1. The van der Waals surface area contributed by atoms with E-state index in [1.54, 1.807) is 17.9 Å². The molecule has 0 bridgehead atoms. The highest BCUT2D eigenvalue weighted by atomic mass is 16.6. The lowest BCUT2D eigenvalue weighted by Gasteiger charge is -2.24. The molecule has 1 aromatic carbocycles. The third kappa shape index (κ3) is 4.58. The number of anilines is 1. The molecular weight excluding hydrogens is 348 g/mol. The van der Waals surface area contributed by atoms with Crippen molar-refractivity contribution in [3.8, 4) is 0 Å². The lowest BCUT2D eigenvalue weighted by Crippen LogP contribution is -2.37. The van der Waals surface area contributed by atoms with E-state index in [0.717, 1.165) is 12.0 Å². The Bertz CT molecular complexity index is 777. The first-order chi connectivity index (χ1) is 13.1. The van der Waals surface area contributed by atoms with E-state index in [1.807, 2.05) is 42.3 Å². The van der Waals surface area contributed by atoms with E-state index in [2.05, 4.69) is 10.2 Å². The molecule has 1 aliphatic rings. The Morgan fingerprint density at radius 3 is 2.81 bits per heavy atom. The zero-order valence-corrected chi connectivity index (χ0v) is 15.6. The van der Waals surface area contributed by atoms with Crippen LogP contribution in [0.15, 0.2) is 36.4 Å². The van der Waals surface area contributed by atoms with Crippen LogP contribution in [0.25, 0.3) is 0 Å². The van der Waals surface area contributed by atoms with Crippen molar-refractivity contribution >= 4 is 17.9 Å². The van der Waals surface area contributed by atoms with Crippen molar-refractivity contribution in [1.82, 2.24) is 15.1 Å². The highest BCUT2D eigenvalue weighted by Gasteiger charge is 2.31. The highest BCUT2D eigenvalue weighted by Crippen LogP contribution is 2.21. The summed E-state index contributed by atoms with van der Waals surface area (Å²) in [6.45, 7) is 3.50. The molecule has 1 saturated heterocycles. The third-order valence-electron chi connectivity index (χ3n) is 4.60. The molecule has 3 rings (SSSR count). The van der Waals surface area contributed by atoms with Crippen LogP contribution < -0.4 is 4.90 Å². The number of ether oxygens (including phenoxy) is 2. The van der Waals surface area contributed by atoms with Gasteiger partial charge in [-0.25, -0.2) is 9.59 Å². The fourth-order valence-electron chi connectivity index (χ4n) is 3.03. The molecule has 1 amide bonds. The molecule has 0 spiro atoms. The maximum Gasteiger partial charge on any atom is 0.410 e. The van der Waals surface area contributed by atoms with Gasteiger partial charge in [0.2, 0.25) is 0 Å². The first kappa shape index (κ1) is 18.8. The van der Waals surface area contributed by atoms with E-state index >= 15 is 0 Å². The number of carbonyl (C=O) groups is 2. The molecule has 0 aliphatic carbocycles. The number of nitrogens with one attached hydrogen (secondary N) is 1. The van der Waals surface area contributed by atoms with E-state index in [4.69, 9.17) is 9.47 Å². The summed E-state index contributed by atoms with van der Waals surface area (Å²) >= 11 is 0. The Kier molecular flexibility index (Phi) is 5.95. The van der Waals surface area contributed by atoms with Gasteiger partial charge < -0.3 is 19.3 Å². The zero-order valence-electron chi connectivity index (χ0n) is 15.6. The molecule has 1 aliphatic heterocycles. The smallest absolute Gasteiger partial charge is 0.410 e. The molecule has 1 N–H and O–H groups in total. The van der Waals surface area contributed by atoms with Crippen molar-refractivity contribution in [1.29, 1.82) is 0 Å². The molecule has 8 nitrogen and oxygen atoms in total. The number of carbonyl (C=O) groups excluding carboxylic acids is 2. The number of aromatic nitrogens is 2. The predicted octanol–water partition coefficient (Wildman–Crippen LogP) is 2.43.